The van der Waals surface area contributed by atoms with E-state index in [1.807, 2.05) is 19.1 Å². The highest BCUT2D eigenvalue weighted by atomic mass is 35.5. The van der Waals surface area contributed by atoms with Gasteiger partial charge in [-0.1, -0.05) is 17.7 Å². The lowest BCUT2D eigenvalue weighted by molar-refractivity contribution is -0.136. The summed E-state index contributed by atoms with van der Waals surface area (Å²) in [4.78, 5) is 11.8. The Morgan fingerprint density at radius 2 is 2.27 bits per heavy atom. The Hall–Kier alpha value is -1.06. The summed E-state index contributed by atoms with van der Waals surface area (Å²) in [7, 11) is 0. The first-order valence-corrected chi connectivity index (χ1v) is 5.66. The van der Waals surface area contributed by atoms with Gasteiger partial charge in [-0.15, -0.1) is 11.3 Å². The molecule has 2 aromatic rings. The molecule has 0 bridgehead atoms. The van der Waals surface area contributed by atoms with E-state index in [4.69, 9.17) is 16.7 Å². The Labute approximate surface area is 96.1 Å². The van der Waals surface area contributed by atoms with Gasteiger partial charge in [-0.05, 0) is 30.0 Å². The normalized spacial score (nSPS) is 10.8. The molecule has 1 heterocycles. The van der Waals surface area contributed by atoms with Crippen LogP contribution in [0.5, 0.6) is 0 Å². The minimum Gasteiger partial charge on any atom is -0.481 e. The van der Waals surface area contributed by atoms with Crippen LogP contribution in [0.25, 0.3) is 10.1 Å². The fourth-order valence-electron chi connectivity index (χ4n) is 1.62. The van der Waals surface area contributed by atoms with Crippen molar-refractivity contribution in [1.82, 2.24) is 0 Å². The molecular formula is C11H9ClO2S. The standard InChI is InChI=1S/C11H9ClO2S/c1-6-9(5-11(13)14)8-3-2-7(12)4-10(8)15-6/h2-4H,5H2,1H3,(H,13,14). The Bertz CT molecular complexity index is 531. The number of rotatable bonds is 2. The van der Waals surface area contributed by atoms with E-state index in [1.165, 1.54) is 0 Å². The van der Waals surface area contributed by atoms with Crippen molar-refractivity contribution in [3.63, 3.8) is 0 Å². The molecule has 78 valence electrons. The number of carbonyl (C=O) groups is 1. The van der Waals surface area contributed by atoms with Crippen LogP contribution in [0.15, 0.2) is 18.2 Å². The van der Waals surface area contributed by atoms with Crippen molar-refractivity contribution in [1.29, 1.82) is 0 Å². The van der Waals surface area contributed by atoms with Gasteiger partial charge in [-0.2, -0.15) is 0 Å². The Balaban J connectivity index is 2.63. The zero-order valence-corrected chi connectivity index (χ0v) is 9.65. The Morgan fingerprint density at radius 3 is 2.93 bits per heavy atom. The first-order valence-electron chi connectivity index (χ1n) is 4.47. The molecule has 4 heteroatoms. The molecule has 1 aromatic heterocycles. The number of hydrogen-bond donors (Lipinski definition) is 1. The van der Waals surface area contributed by atoms with Gasteiger partial charge in [0, 0.05) is 14.6 Å². The van der Waals surface area contributed by atoms with Crippen molar-refractivity contribution in [2.75, 3.05) is 0 Å². The molecule has 0 aliphatic heterocycles. The maximum absolute atomic E-state index is 10.7. The maximum Gasteiger partial charge on any atom is 0.307 e. The van der Waals surface area contributed by atoms with Gasteiger partial charge >= 0.3 is 5.97 Å². The molecule has 1 N–H and O–H groups in total. The van der Waals surface area contributed by atoms with E-state index >= 15 is 0 Å². The average molecular weight is 241 g/mol. The number of aliphatic carboxylic acids is 1. The maximum atomic E-state index is 10.7. The lowest BCUT2D eigenvalue weighted by Gasteiger charge is -1.96. The van der Waals surface area contributed by atoms with E-state index < -0.39 is 5.97 Å². The molecule has 0 spiro atoms. The number of carboxylic acids is 1. The third kappa shape index (κ3) is 1.98. The minimum absolute atomic E-state index is 0.0769. The van der Waals surface area contributed by atoms with Crippen LogP contribution in [-0.4, -0.2) is 11.1 Å². The predicted molar refractivity (Wildman–Crippen MR) is 62.9 cm³/mol. The first-order chi connectivity index (χ1) is 7.08. The predicted octanol–water partition coefficient (Wildman–Crippen LogP) is 3.49. The van der Waals surface area contributed by atoms with Gasteiger partial charge in [0.25, 0.3) is 0 Å². The number of thiophene rings is 1. The van der Waals surface area contributed by atoms with E-state index in [0.29, 0.717) is 5.02 Å². The van der Waals surface area contributed by atoms with Gasteiger partial charge in [0.15, 0.2) is 0 Å². The summed E-state index contributed by atoms with van der Waals surface area (Å²) in [6.07, 6.45) is 0.0769. The second kappa shape index (κ2) is 3.83. The fourth-order valence-corrected chi connectivity index (χ4v) is 2.98. The van der Waals surface area contributed by atoms with Crippen molar-refractivity contribution >= 4 is 39.0 Å². The minimum atomic E-state index is -0.798. The molecule has 0 saturated heterocycles. The van der Waals surface area contributed by atoms with Crippen LogP contribution in [-0.2, 0) is 11.2 Å². The van der Waals surface area contributed by atoms with Gasteiger partial charge in [0.05, 0.1) is 6.42 Å². The van der Waals surface area contributed by atoms with Crippen molar-refractivity contribution in [3.05, 3.63) is 33.7 Å². The molecule has 0 atom stereocenters. The highest BCUT2D eigenvalue weighted by Gasteiger charge is 2.11. The molecule has 1 aromatic carbocycles. The summed E-state index contributed by atoms with van der Waals surface area (Å²) in [5.74, 6) is -0.798. The van der Waals surface area contributed by atoms with Crippen molar-refractivity contribution in [2.24, 2.45) is 0 Å². The number of hydrogen-bond acceptors (Lipinski definition) is 2. The molecular weight excluding hydrogens is 232 g/mol. The van der Waals surface area contributed by atoms with Crippen LogP contribution in [0.3, 0.4) is 0 Å². The van der Waals surface area contributed by atoms with Crippen molar-refractivity contribution in [3.8, 4) is 0 Å². The van der Waals surface area contributed by atoms with E-state index in [9.17, 15) is 4.79 Å². The number of halogens is 1. The summed E-state index contributed by atoms with van der Waals surface area (Å²) in [5, 5.41) is 10.5. The molecule has 0 aliphatic rings. The average Bonchev–Trinajstić information content (AvgIpc) is 2.41. The lowest BCUT2D eigenvalue weighted by atomic mass is 10.1. The van der Waals surface area contributed by atoms with Crippen molar-refractivity contribution in [2.45, 2.75) is 13.3 Å². The van der Waals surface area contributed by atoms with Gasteiger partial charge in [0.1, 0.15) is 0 Å². The Kier molecular flexibility index (Phi) is 2.67. The molecule has 0 unspecified atom stereocenters. The van der Waals surface area contributed by atoms with Gasteiger partial charge < -0.3 is 5.11 Å². The quantitative estimate of drug-likeness (QED) is 0.873. The van der Waals surface area contributed by atoms with E-state index in [0.717, 1.165) is 20.5 Å². The third-order valence-electron chi connectivity index (χ3n) is 2.28. The highest BCUT2D eigenvalue weighted by molar-refractivity contribution is 7.19. The second-order valence-corrected chi connectivity index (χ2v) is 5.04. The highest BCUT2D eigenvalue weighted by Crippen LogP contribution is 2.32. The zero-order valence-electron chi connectivity index (χ0n) is 8.08. The topological polar surface area (TPSA) is 37.3 Å². The summed E-state index contributed by atoms with van der Waals surface area (Å²) in [6, 6.07) is 5.56. The number of benzene rings is 1. The van der Waals surface area contributed by atoms with E-state index in [1.54, 1.807) is 17.4 Å². The third-order valence-corrected chi connectivity index (χ3v) is 3.63. The fraction of sp³-hybridized carbons (Fsp3) is 0.182. The summed E-state index contributed by atoms with van der Waals surface area (Å²) < 4.78 is 1.05. The molecule has 0 aliphatic carbocycles. The van der Waals surface area contributed by atoms with Gasteiger partial charge in [0.2, 0.25) is 0 Å². The van der Waals surface area contributed by atoms with Crippen LogP contribution in [0.4, 0.5) is 0 Å². The smallest absolute Gasteiger partial charge is 0.307 e. The first kappa shape index (κ1) is 10.5. The number of fused-ring (bicyclic) bond motifs is 1. The molecule has 0 saturated carbocycles. The van der Waals surface area contributed by atoms with Crippen molar-refractivity contribution < 1.29 is 9.90 Å². The lowest BCUT2D eigenvalue weighted by Crippen LogP contribution is -2.00. The number of carboxylic acid groups (broad SMARTS) is 1. The number of aryl methyl sites for hydroxylation is 1. The van der Waals surface area contributed by atoms with Crippen LogP contribution in [0.1, 0.15) is 10.4 Å². The molecule has 0 amide bonds. The Morgan fingerprint density at radius 1 is 1.53 bits per heavy atom. The summed E-state index contributed by atoms with van der Waals surface area (Å²) >= 11 is 7.46. The molecule has 2 nitrogen and oxygen atoms in total. The molecule has 0 fully saturated rings. The summed E-state index contributed by atoms with van der Waals surface area (Å²) in [5.41, 5.74) is 0.902. The van der Waals surface area contributed by atoms with Crippen LogP contribution in [0.2, 0.25) is 5.02 Å². The zero-order chi connectivity index (χ0) is 11.0. The molecule has 0 radical (unpaired) electrons. The van der Waals surface area contributed by atoms with E-state index in [2.05, 4.69) is 0 Å². The molecule has 2 rings (SSSR count). The SMILES string of the molecule is Cc1sc2cc(Cl)ccc2c1CC(=O)O. The summed E-state index contributed by atoms with van der Waals surface area (Å²) in [6.45, 7) is 1.94. The van der Waals surface area contributed by atoms with Crippen LogP contribution < -0.4 is 0 Å². The van der Waals surface area contributed by atoms with Crippen LogP contribution >= 0.6 is 22.9 Å². The monoisotopic (exact) mass is 240 g/mol. The second-order valence-electron chi connectivity index (χ2n) is 3.35. The van der Waals surface area contributed by atoms with Gasteiger partial charge in [-0.25, -0.2) is 0 Å². The van der Waals surface area contributed by atoms with Crippen LogP contribution in [0, 0.1) is 6.92 Å². The largest absolute Gasteiger partial charge is 0.481 e. The molecule has 15 heavy (non-hydrogen) atoms. The van der Waals surface area contributed by atoms with Gasteiger partial charge in [-0.3, -0.25) is 4.79 Å². The van der Waals surface area contributed by atoms with E-state index in [-0.39, 0.29) is 6.42 Å².